The lowest BCUT2D eigenvalue weighted by atomic mass is 9.65. The Labute approximate surface area is 106 Å². The average Bonchev–Trinajstić information content (AvgIpc) is 2.90. The van der Waals surface area contributed by atoms with Crippen LogP contribution in [0, 0.1) is 29.1 Å². The van der Waals surface area contributed by atoms with Crippen molar-refractivity contribution in [2.75, 3.05) is 0 Å². The fraction of sp³-hybridized carbons (Fsp3) is 0.938. The van der Waals surface area contributed by atoms with Gasteiger partial charge in [0.2, 0.25) is 0 Å². The third kappa shape index (κ3) is 2.44. The highest BCUT2D eigenvalue weighted by Crippen LogP contribution is 2.56. The van der Waals surface area contributed by atoms with Crippen LogP contribution in [0.1, 0.15) is 66.2 Å². The summed E-state index contributed by atoms with van der Waals surface area (Å²) in [5.41, 5.74) is 0.279. The molecule has 0 saturated heterocycles. The van der Waals surface area contributed by atoms with Crippen molar-refractivity contribution in [2.24, 2.45) is 29.1 Å². The predicted molar refractivity (Wildman–Crippen MR) is 71.8 cm³/mol. The van der Waals surface area contributed by atoms with E-state index in [9.17, 15) is 4.79 Å². The van der Waals surface area contributed by atoms with E-state index in [1.807, 2.05) is 13.8 Å². The molecule has 2 aliphatic carbocycles. The first-order chi connectivity index (χ1) is 7.96. The van der Waals surface area contributed by atoms with Gasteiger partial charge in [-0.3, -0.25) is 4.79 Å². The van der Waals surface area contributed by atoms with E-state index in [2.05, 4.69) is 13.8 Å². The second-order valence-corrected chi connectivity index (χ2v) is 7.09. The van der Waals surface area contributed by atoms with Gasteiger partial charge in [0, 0.05) is 12.3 Å². The van der Waals surface area contributed by atoms with Gasteiger partial charge in [-0.2, -0.15) is 0 Å². The van der Waals surface area contributed by atoms with Gasteiger partial charge >= 0.3 is 0 Å². The van der Waals surface area contributed by atoms with Crippen molar-refractivity contribution in [2.45, 2.75) is 66.2 Å². The molecular formula is C16H28O. The quantitative estimate of drug-likeness (QED) is 0.689. The first-order valence-corrected chi connectivity index (χ1v) is 7.49. The van der Waals surface area contributed by atoms with Crippen molar-refractivity contribution in [1.82, 2.24) is 0 Å². The SMILES string of the molecule is CCC(C)(CC(=O)C(C)C)C1CC2CCC1C2. The summed E-state index contributed by atoms with van der Waals surface area (Å²) in [7, 11) is 0. The van der Waals surface area contributed by atoms with E-state index in [4.69, 9.17) is 0 Å². The maximum absolute atomic E-state index is 12.1. The Morgan fingerprint density at radius 2 is 2.00 bits per heavy atom. The minimum absolute atomic E-state index is 0.208. The summed E-state index contributed by atoms with van der Waals surface area (Å²) >= 11 is 0. The smallest absolute Gasteiger partial charge is 0.135 e. The van der Waals surface area contributed by atoms with Crippen molar-refractivity contribution >= 4 is 5.78 Å². The van der Waals surface area contributed by atoms with E-state index in [1.165, 1.54) is 32.1 Å². The Kier molecular flexibility index (Phi) is 3.66. The summed E-state index contributed by atoms with van der Waals surface area (Å²) < 4.78 is 0. The molecule has 0 aliphatic heterocycles. The monoisotopic (exact) mass is 236 g/mol. The van der Waals surface area contributed by atoms with E-state index in [0.29, 0.717) is 5.78 Å². The lowest BCUT2D eigenvalue weighted by Crippen LogP contribution is -2.34. The molecule has 2 aliphatic rings. The second-order valence-electron chi connectivity index (χ2n) is 7.09. The molecule has 0 amide bonds. The van der Waals surface area contributed by atoms with Crippen LogP contribution in [0.2, 0.25) is 0 Å². The molecule has 0 N–H and O–H groups in total. The van der Waals surface area contributed by atoms with Crippen LogP contribution in [0.15, 0.2) is 0 Å². The molecule has 1 nitrogen and oxygen atoms in total. The number of rotatable bonds is 5. The summed E-state index contributed by atoms with van der Waals surface area (Å²) in [4.78, 5) is 12.1. The summed E-state index contributed by atoms with van der Waals surface area (Å²) in [6.45, 7) is 8.73. The van der Waals surface area contributed by atoms with Gasteiger partial charge in [0.25, 0.3) is 0 Å². The Morgan fingerprint density at radius 3 is 2.41 bits per heavy atom. The van der Waals surface area contributed by atoms with Crippen LogP contribution in [0.3, 0.4) is 0 Å². The molecule has 2 rings (SSSR count). The van der Waals surface area contributed by atoms with Crippen LogP contribution in [-0.2, 0) is 4.79 Å². The predicted octanol–water partition coefficient (Wildman–Crippen LogP) is 4.45. The van der Waals surface area contributed by atoms with Crippen LogP contribution in [0.4, 0.5) is 0 Å². The van der Waals surface area contributed by atoms with E-state index in [0.717, 1.165) is 24.2 Å². The van der Waals surface area contributed by atoms with Crippen molar-refractivity contribution in [3.63, 3.8) is 0 Å². The number of hydrogen-bond acceptors (Lipinski definition) is 1. The fourth-order valence-corrected chi connectivity index (χ4v) is 4.22. The van der Waals surface area contributed by atoms with Crippen molar-refractivity contribution in [1.29, 1.82) is 0 Å². The van der Waals surface area contributed by atoms with Crippen LogP contribution in [0.25, 0.3) is 0 Å². The van der Waals surface area contributed by atoms with Gasteiger partial charge in [0.15, 0.2) is 0 Å². The molecule has 0 aromatic rings. The van der Waals surface area contributed by atoms with Crippen LogP contribution in [-0.4, -0.2) is 5.78 Å². The fourth-order valence-electron chi connectivity index (χ4n) is 4.22. The first kappa shape index (κ1) is 13.1. The normalized spacial score (nSPS) is 35.2. The molecule has 2 saturated carbocycles. The highest BCUT2D eigenvalue weighted by molar-refractivity contribution is 5.80. The van der Waals surface area contributed by atoms with E-state index >= 15 is 0 Å². The Morgan fingerprint density at radius 1 is 1.29 bits per heavy atom. The van der Waals surface area contributed by atoms with Gasteiger partial charge in [-0.1, -0.05) is 40.5 Å². The third-order valence-corrected chi connectivity index (χ3v) is 5.66. The molecule has 98 valence electrons. The zero-order chi connectivity index (χ0) is 12.6. The Hall–Kier alpha value is -0.330. The maximum Gasteiger partial charge on any atom is 0.135 e. The first-order valence-electron chi connectivity index (χ1n) is 7.49. The van der Waals surface area contributed by atoms with Gasteiger partial charge in [-0.05, 0) is 42.4 Å². The van der Waals surface area contributed by atoms with Crippen molar-refractivity contribution in [3.8, 4) is 0 Å². The molecule has 1 heteroatoms. The average molecular weight is 236 g/mol. The summed E-state index contributed by atoms with van der Waals surface area (Å²) in [6, 6.07) is 0. The molecule has 0 aromatic heterocycles. The number of fused-ring (bicyclic) bond motifs is 2. The lowest BCUT2D eigenvalue weighted by molar-refractivity contribution is -0.125. The molecule has 17 heavy (non-hydrogen) atoms. The molecule has 0 spiro atoms. The van der Waals surface area contributed by atoms with Crippen LogP contribution < -0.4 is 0 Å². The second kappa shape index (κ2) is 4.74. The molecule has 0 aromatic carbocycles. The number of carbonyl (C=O) groups excluding carboxylic acids is 1. The standard InChI is InChI=1S/C16H28O/c1-5-16(4,10-15(17)11(2)3)14-9-12-6-7-13(14)8-12/h11-14H,5-10H2,1-4H3. The minimum Gasteiger partial charge on any atom is -0.299 e. The highest BCUT2D eigenvalue weighted by Gasteiger charge is 2.48. The molecule has 0 heterocycles. The number of ketones is 1. The van der Waals surface area contributed by atoms with Gasteiger partial charge < -0.3 is 0 Å². The zero-order valence-electron chi connectivity index (χ0n) is 12.0. The van der Waals surface area contributed by atoms with Gasteiger partial charge in [-0.25, -0.2) is 0 Å². The Bertz CT molecular complexity index is 294. The molecule has 4 unspecified atom stereocenters. The molecule has 2 fully saturated rings. The number of Topliss-reactive ketones (excluding diaryl/α,β-unsaturated/α-hetero) is 1. The van der Waals surface area contributed by atoms with Crippen molar-refractivity contribution in [3.05, 3.63) is 0 Å². The minimum atomic E-state index is 0.208. The number of hydrogen-bond donors (Lipinski definition) is 0. The van der Waals surface area contributed by atoms with Crippen LogP contribution in [0.5, 0.6) is 0 Å². The van der Waals surface area contributed by atoms with E-state index < -0.39 is 0 Å². The molecular weight excluding hydrogens is 208 g/mol. The molecule has 4 atom stereocenters. The van der Waals surface area contributed by atoms with Gasteiger partial charge in [0.1, 0.15) is 5.78 Å². The lowest BCUT2D eigenvalue weighted by Gasteiger charge is -2.40. The molecule has 0 radical (unpaired) electrons. The largest absolute Gasteiger partial charge is 0.299 e. The van der Waals surface area contributed by atoms with Crippen LogP contribution >= 0.6 is 0 Å². The topological polar surface area (TPSA) is 17.1 Å². The summed E-state index contributed by atoms with van der Waals surface area (Å²) in [5.74, 6) is 3.43. The molecule has 2 bridgehead atoms. The van der Waals surface area contributed by atoms with Crippen molar-refractivity contribution < 1.29 is 4.79 Å². The van der Waals surface area contributed by atoms with E-state index in [-0.39, 0.29) is 11.3 Å². The van der Waals surface area contributed by atoms with Gasteiger partial charge in [-0.15, -0.1) is 0 Å². The van der Waals surface area contributed by atoms with Gasteiger partial charge in [0.05, 0.1) is 0 Å². The maximum atomic E-state index is 12.1. The summed E-state index contributed by atoms with van der Waals surface area (Å²) in [6.07, 6.45) is 7.73. The highest BCUT2D eigenvalue weighted by atomic mass is 16.1. The number of carbonyl (C=O) groups is 1. The van der Waals surface area contributed by atoms with E-state index in [1.54, 1.807) is 0 Å². The zero-order valence-corrected chi connectivity index (χ0v) is 12.0. The third-order valence-electron chi connectivity index (χ3n) is 5.66. The Balaban J connectivity index is 2.06. The summed E-state index contributed by atoms with van der Waals surface area (Å²) in [5, 5.41) is 0.